The molecule has 0 atom stereocenters. The van der Waals surface area contributed by atoms with Gasteiger partial charge in [0.05, 0.1) is 5.52 Å². The van der Waals surface area contributed by atoms with Crippen molar-refractivity contribution in [2.24, 2.45) is 0 Å². The standard InChI is InChI=1S/C19H18FNO/c1-3-15-10-16-6-9-18(11-19(16)21-13(15)2)22-12-14-4-7-17(20)8-5-14/h4-11H,3,12H2,1-2H3. The molecule has 0 radical (unpaired) electrons. The third-order valence-electron chi connectivity index (χ3n) is 3.78. The molecule has 0 saturated heterocycles. The first kappa shape index (κ1) is 14.5. The van der Waals surface area contributed by atoms with Crippen molar-refractivity contribution in [3.8, 4) is 5.75 Å². The van der Waals surface area contributed by atoms with Gasteiger partial charge in [-0.05, 0) is 54.8 Å². The molecule has 0 spiro atoms. The summed E-state index contributed by atoms with van der Waals surface area (Å²) in [7, 11) is 0. The molecule has 3 aromatic rings. The highest BCUT2D eigenvalue weighted by Crippen LogP contribution is 2.23. The zero-order valence-electron chi connectivity index (χ0n) is 12.8. The Bertz CT molecular complexity index is 796. The lowest BCUT2D eigenvalue weighted by Crippen LogP contribution is -1.96. The first-order chi connectivity index (χ1) is 10.7. The van der Waals surface area contributed by atoms with Gasteiger partial charge in [-0.2, -0.15) is 0 Å². The minimum absolute atomic E-state index is 0.235. The smallest absolute Gasteiger partial charge is 0.123 e. The zero-order chi connectivity index (χ0) is 15.5. The van der Waals surface area contributed by atoms with Gasteiger partial charge < -0.3 is 4.74 Å². The number of halogens is 1. The van der Waals surface area contributed by atoms with Gasteiger partial charge in [0.2, 0.25) is 0 Å². The van der Waals surface area contributed by atoms with Crippen molar-refractivity contribution in [3.05, 3.63) is 71.2 Å². The fourth-order valence-corrected chi connectivity index (χ4v) is 2.48. The van der Waals surface area contributed by atoms with Gasteiger partial charge in [-0.3, -0.25) is 4.98 Å². The molecule has 0 unspecified atom stereocenters. The van der Waals surface area contributed by atoms with Gasteiger partial charge in [-0.1, -0.05) is 19.1 Å². The lowest BCUT2D eigenvalue weighted by atomic mass is 10.1. The SMILES string of the molecule is CCc1cc2ccc(OCc3ccc(F)cc3)cc2nc1C. The topological polar surface area (TPSA) is 22.1 Å². The van der Waals surface area contributed by atoms with Crippen LogP contribution in [0.4, 0.5) is 4.39 Å². The number of ether oxygens (including phenoxy) is 1. The maximum absolute atomic E-state index is 12.9. The summed E-state index contributed by atoms with van der Waals surface area (Å²) >= 11 is 0. The maximum Gasteiger partial charge on any atom is 0.123 e. The van der Waals surface area contributed by atoms with Crippen LogP contribution < -0.4 is 4.74 Å². The summed E-state index contributed by atoms with van der Waals surface area (Å²) in [6.07, 6.45) is 0.984. The van der Waals surface area contributed by atoms with E-state index >= 15 is 0 Å². The van der Waals surface area contributed by atoms with E-state index in [1.165, 1.54) is 17.7 Å². The molecule has 0 amide bonds. The van der Waals surface area contributed by atoms with Gasteiger partial charge in [-0.15, -0.1) is 0 Å². The molecule has 0 aliphatic rings. The number of hydrogen-bond acceptors (Lipinski definition) is 2. The number of hydrogen-bond donors (Lipinski definition) is 0. The van der Waals surface area contributed by atoms with E-state index in [9.17, 15) is 4.39 Å². The van der Waals surface area contributed by atoms with Crippen molar-refractivity contribution in [2.45, 2.75) is 26.9 Å². The Morgan fingerprint density at radius 3 is 2.55 bits per heavy atom. The monoisotopic (exact) mass is 295 g/mol. The molecule has 112 valence electrons. The summed E-state index contributed by atoms with van der Waals surface area (Å²) in [5.41, 5.74) is 4.21. The van der Waals surface area contributed by atoms with E-state index in [4.69, 9.17) is 4.74 Å². The molecule has 0 aliphatic carbocycles. The minimum atomic E-state index is -0.235. The molecular formula is C19H18FNO. The highest BCUT2D eigenvalue weighted by atomic mass is 19.1. The molecule has 1 aromatic heterocycles. The van der Waals surface area contributed by atoms with Crippen molar-refractivity contribution < 1.29 is 9.13 Å². The lowest BCUT2D eigenvalue weighted by Gasteiger charge is -2.09. The van der Waals surface area contributed by atoms with Gasteiger partial charge in [0.1, 0.15) is 18.2 Å². The average molecular weight is 295 g/mol. The Kier molecular flexibility index (Phi) is 4.05. The predicted octanol–water partition coefficient (Wildman–Crippen LogP) is 4.82. The van der Waals surface area contributed by atoms with Crippen molar-refractivity contribution in [2.75, 3.05) is 0 Å². The quantitative estimate of drug-likeness (QED) is 0.688. The summed E-state index contributed by atoms with van der Waals surface area (Å²) in [6, 6.07) is 14.4. The summed E-state index contributed by atoms with van der Waals surface area (Å²) in [4.78, 5) is 4.64. The average Bonchev–Trinajstić information content (AvgIpc) is 2.53. The Balaban J connectivity index is 1.81. The van der Waals surface area contributed by atoms with Crippen LogP contribution in [0.1, 0.15) is 23.7 Å². The first-order valence-electron chi connectivity index (χ1n) is 7.43. The third-order valence-corrected chi connectivity index (χ3v) is 3.78. The highest BCUT2D eigenvalue weighted by Gasteiger charge is 2.04. The van der Waals surface area contributed by atoms with Crippen molar-refractivity contribution in [1.29, 1.82) is 0 Å². The number of aryl methyl sites for hydroxylation is 2. The molecule has 0 fully saturated rings. The van der Waals surface area contributed by atoms with Crippen LogP contribution in [0, 0.1) is 12.7 Å². The molecule has 3 heteroatoms. The Hall–Kier alpha value is -2.42. The molecule has 1 heterocycles. The number of fused-ring (bicyclic) bond motifs is 1. The van der Waals surface area contributed by atoms with Gasteiger partial charge in [-0.25, -0.2) is 4.39 Å². The van der Waals surface area contributed by atoms with Gasteiger partial charge in [0.15, 0.2) is 0 Å². The highest BCUT2D eigenvalue weighted by molar-refractivity contribution is 5.81. The van der Waals surface area contributed by atoms with E-state index < -0.39 is 0 Å². The van der Waals surface area contributed by atoms with Crippen LogP contribution in [0.25, 0.3) is 10.9 Å². The second-order valence-corrected chi connectivity index (χ2v) is 5.36. The zero-order valence-corrected chi connectivity index (χ0v) is 12.8. The Morgan fingerprint density at radius 1 is 1.05 bits per heavy atom. The van der Waals surface area contributed by atoms with Crippen molar-refractivity contribution >= 4 is 10.9 Å². The van der Waals surface area contributed by atoms with E-state index in [0.717, 1.165) is 34.3 Å². The second kappa shape index (κ2) is 6.14. The molecular weight excluding hydrogens is 277 g/mol. The fraction of sp³-hybridized carbons (Fsp3) is 0.211. The first-order valence-corrected chi connectivity index (χ1v) is 7.43. The lowest BCUT2D eigenvalue weighted by molar-refractivity contribution is 0.306. The summed E-state index contributed by atoms with van der Waals surface area (Å²) in [5.74, 6) is 0.536. The van der Waals surface area contributed by atoms with Crippen molar-refractivity contribution in [1.82, 2.24) is 4.98 Å². The predicted molar refractivity (Wildman–Crippen MR) is 86.6 cm³/mol. The Labute approximate surface area is 129 Å². The maximum atomic E-state index is 12.9. The molecule has 2 aromatic carbocycles. The van der Waals surface area contributed by atoms with Crippen LogP contribution in [-0.4, -0.2) is 4.98 Å². The summed E-state index contributed by atoms with van der Waals surface area (Å²) in [5, 5.41) is 1.12. The minimum Gasteiger partial charge on any atom is -0.489 e. The molecule has 0 aliphatic heterocycles. The van der Waals surface area contributed by atoms with Crippen molar-refractivity contribution in [3.63, 3.8) is 0 Å². The second-order valence-electron chi connectivity index (χ2n) is 5.36. The third kappa shape index (κ3) is 3.08. The van der Waals surface area contributed by atoms with Gasteiger partial charge in [0.25, 0.3) is 0 Å². The van der Waals surface area contributed by atoms with Crippen LogP contribution in [0.5, 0.6) is 5.75 Å². The summed E-state index contributed by atoms with van der Waals surface area (Å²) in [6.45, 7) is 4.58. The molecule has 0 saturated carbocycles. The van der Waals surface area contributed by atoms with Crippen LogP contribution in [0.3, 0.4) is 0 Å². The van der Waals surface area contributed by atoms with Crippen LogP contribution >= 0.6 is 0 Å². The number of rotatable bonds is 4. The largest absolute Gasteiger partial charge is 0.489 e. The van der Waals surface area contributed by atoms with Crippen LogP contribution in [0.15, 0.2) is 48.5 Å². The Morgan fingerprint density at radius 2 is 1.82 bits per heavy atom. The van der Waals surface area contributed by atoms with Gasteiger partial charge >= 0.3 is 0 Å². The molecule has 2 nitrogen and oxygen atoms in total. The number of nitrogens with zero attached hydrogens (tertiary/aromatic N) is 1. The number of benzene rings is 2. The van der Waals surface area contributed by atoms with Crippen LogP contribution in [0.2, 0.25) is 0 Å². The van der Waals surface area contributed by atoms with Gasteiger partial charge in [0, 0.05) is 17.1 Å². The number of aromatic nitrogens is 1. The molecule has 0 bridgehead atoms. The van der Waals surface area contributed by atoms with E-state index in [-0.39, 0.29) is 5.82 Å². The summed E-state index contributed by atoms with van der Waals surface area (Å²) < 4.78 is 18.6. The van der Waals surface area contributed by atoms with Crippen LogP contribution in [-0.2, 0) is 13.0 Å². The molecule has 3 rings (SSSR count). The van der Waals surface area contributed by atoms with E-state index in [2.05, 4.69) is 18.0 Å². The van der Waals surface area contributed by atoms with E-state index in [1.54, 1.807) is 12.1 Å². The molecule has 22 heavy (non-hydrogen) atoms. The number of pyridine rings is 1. The van der Waals surface area contributed by atoms with E-state index in [1.807, 2.05) is 25.1 Å². The fourth-order valence-electron chi connectivity index (χ4n) is 2.48. The molecule has 0 N–H and O–H groups in total. The normalized spacial score (nSPS) is 10.9. The van der Waals surface area contributed by atoms with E-state index in [0.29, 0.717) is 6.61 Å².